The van der Waals surface area contributed by atoms with Crippen molar-refractivity contribution in [1.82, 2.24) is 9.88 Å². The lowest BCUT2D eigenvalue weighted by Gasteiger charge is -2.21. The minimum Gasteiger partial charge on any atom is -0.358 e. The Kier molecular flexibility index (Phi) is 4.83. The number of fused-ring (bicyclic) bond motifs is 1. The smallest absolute Gasteiger partial charge is 0.227 e. The van der Waals surface area contributed by atoms with Gasteiger partial charge in [0.2, 0.25) is 5.91 Å². The van der Waals surface area contributed by atoms with Gasteiger partial charge in [-0.15, -0.1) is 0 Å². The third-order valence-corrected chi connectivity index (χ3v) is 3.69. The highest BCUT2D eigenvalue weighted by Crippen LogP contribution is 2.22. The van der Waals surface area contributed by atoms with Gasteiger partial charge in [0.05, 0.1) is 6.42 Å². The van der Waals surface area contributed by atoms with Gasteiger partial charge in [0.15, 0.2) is 0 Å². The van der Waals surface area contributed by atoms with E-state index in [0.717, 1.165) is 42.7 Å². The molecule has 0 saturated carbocycles. The number of aromatic nitrogens is 1. The molecular weight excluding hydrogens is 248 g/mol. The van der Waals surface area contributed by atoms with Gasteiger partial charge in [-0.1, -0.05) is 32.0 Å². The maximum absolute atomic E-state index is 12.5. The van der Waals surface area contributed by atoms with Gasteiger partial charge >= 0.3 is 0 Å². The first kappa shape index (κ1) is 14.6. The average Bonchev–Trinajstić information content (AvgIpc) is 2.75. The van der Waals surface area contributed by atoms with Crippen molar-refractivity contribution < 1.29 is 4.79 Å². The van der Waals surface area contributed by atoms with E-state index in [1.54, 1.807) is 0 Å². The first-order chi connectivity index (χ1) is 9.67. The van der Waals surface area contributed by atoms with E-state index in [-0.39, 0.29) is 5.91 Å². The molecule has 0 aliphatic rings. The predicted molar refractivity (Wildman–Crippen MR) is 83.9 cm³/mol. The van der Waals surface area contributed by atoms with Gasteiger partial charge in [-0.25, -0.2) is 0 Å². The van der Waals surface area contributed by atoms with E-state index in [9.17, 15) is 4.79 Å². The molecule has 0 atom stereocenters. The number of aryl methyl sites for hydroxylation is 1. The molecule has 20 heavy (non-hydrogen) atoms. The highest BCUT2D eigenvalue weighted by atomic mass is 16.2. The van der Waals surface area contributed by atoms with Crippen LogP contribution >= 0.6 is 0 Å². The minimum atomic E-state index is 0.238. The monoisotopic (exact) mass is 272 g/mol. The summed E-state index contributed by atoms with van der Waals surface area (Å²) in [4.78, 5) is 17.9. The summed E-state index contributed by atoms with van der Waals surface area (Å²) in [6.07, 6.45) is 2.52. The maximum Gasteiger partial charge on any atom is 0.227 e. The van der Waals surface area contributed by atoms with Gasteiger partial charge < -0.3 is 9.88 Å². The van der Waals surface area contributed by atoms with Crippen LogP contribution in [0.1, 0.15) is 37.9 Å². The molecule has 0 aliphatic carbocycles. The molecule has 1 amide bonds. The molecule has 1 N–H and O–H groups in total. The summed E-state index contributed by atoms with van der Waals surface area (Å²) in [5, 5.41) is 1.17. The molecule has 0 bridgehead atoms. The Bertz CT molecular complexity index is 580. The predicted octanol–water partition coefficient (Wildman–Crippen LogP) is 3.67. The van der Waals surface area contributed by atoms with Crippen LogP contribution in [0.2, 0.25) is 0 Å². The molecular formula is C17H24N2O. The number of nitrogens with zero attached hydrogens (tertiary/aromatic N) is 1. The van der Waals surface area contributed by atoms with Crippen LogP contribution in [0, 0.1) is 6.92 Å². The van der Waals surface area contributed by atoms with Crippen LogP contribution in [0.5, 0.6) is 0 Å². The lowest BCUT2D eigenvalue weighted by atomic mass is 10.1. The number of benzene rings is 1. The third-order valence-electron chi connectivity index (χ3n) is 3.69. The molecule has 1 aromatic heterocycles. The van der Waals surface area contributed by atoms with Crippen LogP contribution in [0.25, 0.3) is 10.9 Å². The fourth-order valence-electron chi connectivity index (χ4n) is 2.73. The lowest BCUT2D eigenvalue weighted by Crippen LogP contribution is -2.33. The molecule has 1 heterocycles. The Morgan fingerprint density at radius 3 is 2.45 bits per heavy atom. The Hall–Kier alpha value is -1.77. The quantitative estimate of drug-likeness (QED) is 0.855. The number of rotatable bonds is 6. The third kappa shape index (κ3) is 3.03. The van der Waals surface area contributed by atoms with Crippen LogP contribution in [-0.2, 0) is 11.2 Å². The summed E-state index contributed by atoms with van der Waals surface area (Å²) >= 11 is 0. The minimum absolute atomic E-state index is 0.238. The van der Waals surface area contributed by atoms with Crippen LogP contribution in [-0.4, -0.2) is 28.9 Å². The zero-order chi connectivity index (χ0) is 14.5. The number of carbonyl (C=O) groups excluding carboxylic acids is 1. The molecule has 2 rings (SSSR count). The van der Waals surface area contributed by atoms with Gasteiger partial charge in [0.25, 0.3) is 0 Å². The molecule has 0 fully saturated rings. The lowest BCUT2D eigenvalue weighted by molar-refractivity contribution is -0.130. The Labute approximate surface area is 121 Å². The molecule has 2 aromatic rings. The molecule has 3 nitrogen and oxygen atoms in total. The van der Waals surface area contributed by atoms with Crippen molar-refractivity contribution in [2.24, 2.45) is 0 Å². The first-order valence-corrected chi connectivity index (χ1v) is 7.51. The van der Waals surface area contributed by atoms with Gasteiger partial charge in [-0.2, -0.15) is 0 Å². The molecule has 0 aliphatic heterocycles. The van der Waals surface area contributed by atoms with Crippen molar-refractivity contribution in [3.8, 4) is 0 Å². The fraction of sp³-hybridized carbons (Fsp3) is 0.471. The van der Waals surface area contributed by atoms with Crippen molar-refractivity contribution in [1.29, 1.82) is 0 Å². The summed E-state index contributed by atoms with van der Waals surface area (Å²) in [7, 11) is 0. The van der Waals surface area contributed by atoms with Crippen LogP contribution in [0.15, 0.2) is 24.3 Å². The standard InChI is InChI=1S/C17H24N2O/c1-4-10-19(11-5-2)17(20)12-15-13(3)18-16-9-7-6-8-14(15)16/h6-9,18H,4-5,10-12H2,1-3H3. The summed E-state index contributed by atoms with van der Waals surface area (Å²) in [5.74, 6) is 0.238. The van der Waals surface area contributed by atoms with Gasteiger partial charge in [0.1, 0.15) is 0 Å². The topological polar surface area (TPSA) is 36.1 Å². The zero-order valence-electron chi connectivity index (χ0n) is 12.7. The summed E-state index contributed by atoms with van der Waals surface area (Å²) < 4.78 is 0. The van der Waals surface area contributed by atoms with Gasteiger partial charge in [-0.05, 0) is 31.4 Å². The number of H-pyrrole nitrogens is 1. The number of nitrogens with one attached hydrogen (secondary N) is 1. The molecule has 1 aromatic carbocycles. The first-order valence-electron chi connectivity index (χ1n) is 7.51. The molecule has 3 heteroatoms. The summed E-state index contributed by atoms with van der Waals surface area (Å²) in [6.45, 7) is 7.99. The average molecular weight is 272 g/mol. The number of hydrogen-bond acceptors (Lipinski definition) is 1. The van der Waals surface area contributed by atoms with Crippen LogP contribution in [0.3, 0.4) is 0 Å². The van der Waals surface area contributed by atoms with Crippen molar-refractivity contribution in [3.63, 3.8) is 0 Å². The number of para-hydroxylation sites is 1. The van der Waals surface area contributed by atoms with Crippen molar-refractivity contribution >= 4 is 16.8 Å². The van der Waals surface area contributed by atoms with E-state index < -0.39 is 0 Å². The maximum atomic E-state index is 12.5. The van der Waals surface area contributed by atoms with Crippen LogP contribution < -0.4 is 0 Å². The molecule has 108 valence electrons. The Balaban J connectivity index is 2.22. The summed E-state index contributed by atoms with van der Waals surface area (Å²) in [6, 6.07) is 8.20. The number of hydrogen-bond donors (Lipinski definition) is 1. The summed E-state index contributed by atoms with van der Waals surface area (Å²) in [5.41, 5.74) is 3.36. The van der Waals surface area contributed by atoms with Crippen molar-refractivity contribution in [2.45, 2.75) is 40.0 Å². The number of aromatic amines is 1. The van der Waals surface area contributed by atoms with Crippen LogP contribution in [0.4, 0.5) is 0 Å². The molecule has 0 spiro atoms. The van der Waals surface area contributed by atoms with E-state index in [2.05, 4.69) is 31.0 Å². The highest BCUT2D eigenvalue weighted by Gasteiger charge is 2.16. The van der Waals surface area contributed by atoms with E-state index in [1.807, 2.05) is 24.0 Å². The normalized spacial score (nSPS) is 10.9. The van der Waals surface area contributed by atoms with E-state index in [1.165, 1.54) is 5.39 Å². The number of amides is 1. The second-order valence-corrected chi connectivity index (χ2v) is 5.33. The Morgan fingerprint density at radius 1 is 1.15 bits per heavy atom. The Morgan fingerprint density at radius 2 is 1.80 bits per heavy atom. The number of carbonyl (C=O) groups is 1. The van der Waals surface area contributed by atoms with Gasteiger partial charge in [-0.3, -0.25) is 4.79 Å². The fourth-order valence-corrected chi connectivity index (χ4v) is 2.73. The molecule has 0 unspecified atom stereocenters. The molecule has 0 saturated heterocycles. The van der Waals surface area contributed by atoms with Crippen molar-refractivity contribution in [2.75, 3.05) is 13.1 Å². The zero-order valence-corrected chi connectivity index (χ0v) is 12.7. The van der Waals surface area contributed by atoms with Gasteiger partial charge in [0, 0.05) is 29.7 Å². The van der Waals surface area contributed by atoms with E-state index in [0.29, 0.717) is 6.42 Å². The molecule has 0 radical (unpaired) electrons. The second-order valence-electron chi connectivity index (χ2n) is 5.33. The largest absolute Gasteiger partial charge is 0.358 e. The SMILES string of the molecule is CCCN(CCC)C(=O)Cc1c(C)[nH]c2ccccc12. The second kappa shape index (κ2) is 6.60. The van der Waals surface area contributed by atoms with E-state index in [4.69, 9.17) is 0 Å². The highest BCUT2D eigenvalue weighted by molar-refractivity contribution is 5.90. The van der Waals surface area contributed by atoms with E-state index >= 15 is 0 Å². The van der Waals surface area contributed by atoms with Crippen molar-refractivity contribution in [3.05, 3.63) is 35.5 Å².